The van der Waals surface area contributed by atoms with E-state index in [0.717, 1.165) is 0 Å². The average Bonchev–Trinajstić information content (AvgIpc) is 2.63. The average molecular weight is 409 g/mol. The molecule has 0 fully saturated rings. The Morgan fingerprint density at radius 1 is 1.26 bits per heavy atom. The van der Waals surface area contributed by atoms with Crippen LogP contribution in [-0.2, 0) is 9.59 Å². The van der Waals surface area contributed by atoms with Crippen molar-refractivity contribution >= 4 is 46.4 Å². The van der Waals surface area contributed by atoms with Gasteiger partial charge in [0.25, 0.3) is 5.91 Å². The molecule has 6 nitrogen and oxygen atoms in total. The number of benzene rings is 2. The molecule has 0 unspecified atom stereocenters. The monoisotopic (exact) mass is 408 g/mol. The van der Waals surface area contributed by atoms with Crippen molar-refractivity contribution in [2.45, 2.75) is 12.8 Å². The lowest BCUT2D eigenvalue weighted by Crippen LogP contribution is -2.35. The van der Waals surface area contributed by atoms with Crippen LogP contribution in [0.2, 0.25) is 10.0 Å². The summed E-state index contributed by atoms with van der Waals surface area (Å²) in [5.74, 6) is 0.851. The van der Waals surface area contributed by atoms with Crippen molar-refractivity contribution in [3.63, 3.8) is 0 Å². The first kappa shape index (κ1) is 19.3. The van der Waals surface area contributed by atoms with Crippen molar-refractivity contribution in [1.29, 1.82) is 0 Å². The van der Waals surface area contributed by atoms with E-state index in [-0.39, 0.29) is 18.4 Å². The van der Waals surface area contributed by atoms with Crippen molar-refractivity contribution in [2.75, 3.05) is 30.5 Å². The zero-order chi connectivity index (χ0) is 19.4. The van der Waals surface area contributed by atoms with Gasteiger partial charge in [-0.25, -0.2) is 0 Å². The van der Waals surface area contributed by atoms with Crippen LogP contribution in [0, 0.1) is 0 Å². The van der Waals surface area contributed by atoms with Gasteiger partial charge in [0, 0.05) is 30.2 Å². The molecule has 0 atom stereocenters. The molecule has 2 amide bonds. The first-order valence-electron chi connectivity index (χ1n) is 8.35. The second-order valence-corrected chi connectivity index (χ2v) is 6.84. The van der Waals surface area contributed by atoms with Gasteiger partial charge in [0.2, 0.25) is 5.91 Å². The van der Waals surface area contributed by atoms with Gasteiger partial charge in [0.05, 0.1) is 17.3 Å². The third kappa shape index (κ3) is 4.84. The fourth-order valence-electron chi connectivity index (χ4n) is 2.59. The van der Waals surface area contributed by atoms with E-state index in [1.165, 1.54) is 4.90 Å². The number of nitrogens with one attached hydrogen (secondary N) is 1. The molecular weight excluding hydrogens is 391 g/mol. The van der Waals surface area contributed by atoms with Crippen LogP contribution in [0.1, 0.15) is 12.8 Å². The van der Waals surface area contributed by atoms with E-state index < -0.39 is 0 Å². The number of rotatable bonds is 6. The van der Waals surface area contributed by atoms with Gasteiger partial charge in [-0.15, -0.1) is 0 Å². The minimum atomic E-state index is -0.138. The smallest absolute Gasteiger partial charge is 0.264 e. The highest BCUT2D eigenvalue weighted by Crippen LogP contribution is 2.33. The summed E-state index contributed by atoms with van der Waals surface area (Å²) in [7, 11) is 1.69. The maximum Gasteiger partial charge on any atom is 0.264 e. The zero-order valence-corrected chi connectivity index (χ0v) is 16.1. The molecule has 1 N–H and O–H groups in total. The van der Waals surface area contributed by atoms with Crippen LogP contribution in [0.3, 0.4) is 0 Å². The molecule has 0 saturated carbocycles. The van der Waals surface area contributed by atoms with Crippen molar-refractivity contribution < 1.29 is 19.1 Å². The summed E-state index contributed by atoms with van der Waals surface area (Å²) in [6.45, 7) is 0.348. The molecule has 3 rings (SSSR count). The fourth-order valence-corrected chi connectivity index (χ4v) is 3.05. The molecule has 2 aromatic carbocycles. The minimum Gasteiger partial charge on any atom is -0.492 e. The fraction of sp³-hybridized carbons (Fsp3) is 0.263. The van der Waals surface area contributed by atoms with Crippen LogP contribution in [0.5, 0.6) is 11.5 Å². The summed E-state index contributed by atoms with van der Waals surface area (Å²) >= 11 is 11.9. The number of anilines is 2. The standard InChI is InChI=1S/C19H18Cl2N2O4/c1-23-15-6-5-13(10-17(15)27-11-19(23)25)22-18(24)3-2-8-26-16-7-4-12(20)9-14(16)21/h4-7,9-10H,2-3,8,11H2,1H3,(H,22,24). The molecule has 0 spiro atoms. The number of likely N-dealkylation sites (N-methyl/N-ethyl adjacent to an activating group) is 1. The Hall–Kier alpha value is -2.44. The van der Waals surface area contributed by atoms with Gasteiger partial charge in [-0.2, -0.15) is 0 Å². The highest BCUT2D eigenvalue weighted by Gasteiger charge is 2.22. The normalized spacial score (nSPS) is 13.0. The van der Waals surface area contributed by atoms with E-state index in [1.54, 1.807) is 43.4 Å². The van der Waals surface area contributed by atoms with Crippen molar-refractivity contribution in [2.24, 2.45) is 0 Å². The quantitative estimate of drug-likeness (QED) is 0.728. The van der Waals surface area contributed by atoms with E-state index in [0.29, 0.717) is 52.4 Å². The van der Waals surface area contributed by atoms with Crippen LogP contribution in [-0.4, -0.2) is 32.1 Å². The lowest BCUT2D eigenvalue weighted by molar-refractivity contribution is -0.121. The Bertz CT molecular complexity index is 873. The number of hydrogen-bond acceptors (Lipinski definition) is 4. The third-order valence-electron chi connectivity index (χ3n) is 4.03. The highest BCUT2D eigenvalue weighted by molar-refractivity contribution is 6.35. The summed E-state index contributed by atoms with van der Waals surface area (Å²) in [6.07, 6.45) is 0.824. The van der Waals surface area contributed by atoms with Gasteiger partial charge < -0.3 is 19.7 Å². The van der Waals surface area contributed by atoms with E-state index >= 15 is 0 Å². The van der Waals surface area contributed by atoms with Crippen LogP contribution < -0.4 is 19.7 Å². The van der Waals surface area contributed by atoms with Gasteiger partial charge in [-0.1, -0.05) is 23.2 Å². The number of nitrogens with zero attached hydrogens (tertiary/aromatic N) is 1. The lowest BCUT2D eigenvalue weighted by atomic mass is 10.2. The van der Waals surface area contributed by atoms with Crippen molar-refractivity contribution in [3.05, 3.63) is 46.4 Å². The van der Waals surface area contributed by atoms with Crippen LogP contribution >= 0.6 is 23.2 Å². The number of amides is 2. The first-order valence-corrected chi connectivity index (χ1v) is 9.11. The molecule has 142 valence electrons. The second kappa shape index (κ2) is 8.50. The van der Waals surface area contributed by atoms with Crippen molar-refractivity contribution in [1.82, 2.24) is 0 Å². The number of ether oxygens (including phenoxy) is 2. The van der Waals surface area contributed by atoms with Crippen molar-refractivity contribution in [3.8, 4) is 11.5 Å². The molecular formula is C19H18Cl2N2O4. The minimum absolute atomic E-state index is 0.00844. The second-order valence-electron chi connectivity index (χ2n) is 6.00. The molecule has 27 heavy (non-hydrogen) atoms. The van der Waals surface area contributed by atoms with Crippen LogP contribution in [0.25, 0.3) is 0 Å². The molecule has 0 aliphatic carbocycles. The molecule has 0 saturated heterocycles. The van der Waals surface area contributed by atoms with E-state index in [4.69, 9.17) is 32.7 Å². The summed E-state index contributed by atoms with van der Waals surface area (Å²) in [5, 5.41) is 3.79. The Morgan fingerprint density at radius 3 is 2.85 bits per heavy atom. The number of halogens is 2. The van der Waals surface area contributed by atoms with E-state index in [2.05, 4.69) is 5.32 Å². The topological polar surface area (TPSA) is 67.9 Å². The summed E-state index contributed by atoms with van der Waals surface area (Å²) < 4.78 is 11.0. The van der Waals surface area contributed by atoms with Gasteiger partial charge in [0.1, 0.15) is 11.5 Å². The van der Waals surface area contributed by atoms with Gasteiger partial charge >= 0.3 is 0 Å². The Labute approximate surface area is 167 Å². The molecule has 0 bridgehead atoms. The predicted octanol–water partition coefficient (Wildman–Crippen LogP) is 4.15. The number of hydrogen-bond donors (Lipinski definition) is 1. The number of carbonyl (C=O) groups excluding carboxylic acids is 2. The zero-order valence-electron chi connectivity index (χ0n) is 14.6. The van der Waals surface area contributed by atoms with Crippen LogP contribution in [0.15, 0.2) is 36.4 Å². The molecule has 1 heterocycles. The first-order chi connectivity index (χ1) is 12.9. The van der Waals surface area contributed by atoms with E-state index in [1.807, 2.05) is 0 Å². The Morgan fingerprint density at radius 2 is 2.07 bits per heavy atom. The maximum atomic E-state index is 12.1. The van der Waals surface area contributed by atoms with E-state index in [9.17, 15) is 9.59 Å². The SMILES string of the molecule is CN1C(=O)COc2cc(NC(=O)CCCOc3ccc(Cl)cc3Cl)ccc21. The lowest BCUT2D eigenvalue weighted by Gasteiger charge is -2.26. The summed E-state index contributed by atoms with van der Waals surface area (Å²) in [6, 6.07) is 10.2. The van der Waals surface area contributed by atoms with Gasteiger partial charge in [-0.05, 0) is 36.8 Å². The molecule has 8 heteroatoms. The number of fused-ring (bicyclic) bond motifs is 1. The van der Waals surface area contributed by atoms with Gasteiger partial charge in [-0.3, -0.25) is 9.59 Å². The Kier molecular flexibility index (Phi) is 6.08. The third-order valence-corrected chi connectivity index (χ3v) is 4.56. The van der Waals surface area contributed by atoms with Crippen LogP contribution in [0.4, 0.5) is 11.4 Å². The predicted molar refractivity (Wildman–Crippen MR) is 105 cm³/mol. The molecule has 2 aromatic rings. The molecule has 0 aromatic heterocycles. The Balaban J connectivity index is 1.47. The molecule has 1 aliphatic rings. The summed E-state index contributed by atoms with van der Waals surface area (Å²) in [4.78, 5) is 25.2. The molecule has 0 radical (unpaired) electrons. The molecule has 1 aliphatic heterocycles. The highest BCUT2D eigenvalue weighted by atomic mass is 35.5. The summed E-state index contributed by atoms with van der Waals surface area (Å²) in [5.41, 5.74) is 1.29. The number of carbonyl (C=O) groups is 2. The largest absolute Gasteiger partial charge is 0.492 e. The van der Waals surface area contributed by atoms with Gasteiger partial charge in [0.15, 0.2) is 6.61 Å². The maximum absolute atomic E-state index is 12.1.